The number of benzene rings is 1. The number of carbonyl (C=O) groups is 1. The molecule has 1 aromatic carbocycles. The van der Waals surface area contributed by atoms with Gasteiger partial charge in [0.2, 0.25) is 0 Å². The summed E-state index contributed by atoms with van der Waals surface area (Å²) in [7, 11) is 0. The normalized spacial score (nSPS) is 11.4. The quantitative estimate of drug-likeness (QED) is 0.562. The van der Waals surface area contributed by atoms with Crippen LogP contribution in [0.2, 0.25) is 0 Å². The molecular formula is C19H12F3N5O2. The van der Waals surface area contributed by atoms with Crippen molar-refractivity contribution >= 4 is 22.9 Å². The summed E-state index contributed by atoms with van der Waals surface area (Å²) in [6, 6.07) is 13.6. The maximum absolute atomic E-state index is 12.5. The maximum atomic E-state index is 12.5. The molecule has 0 saturated heterocycles. The Morgan fingerprint density at radius 3 is 2.66 bits per heavy atom. The Bertz CT molecular complexity index is 1180. The lowest BCUT2D eigenvalue weighted by Crippen LogP contribution is -2.17. The number of hydrogen-bond donors (Lipinski definition) is 1. The van der Waals surface area contributed by atoms with Crippen molar-refractivity contribution in [1.29, 1.82) is 0 Å². The molecule has 0 aliphatic heterocycles. The van der Waals surface area contributed by atoms with Gasteiger partial charge >= 0.3 is 6.36 Å². The molecule has 146 valence electrons. The topological polar surface area (TPSA) is 81.9 Å². The summed E-state index contributed by atoms with van der Waals surface area (Å²) >= 11 is 0. The lowest BCUT2D eigenvalue weighted by atomic mass is 10.3. The van der Waals surface area contributed by atoms with E-state index in [4.69, 9.17) is 0 Å². The van der Waals surface area contributed by atoms with Gasteiger partial charge in [0, 0.05) is 12.3 Å². The highest BCUT2D eigenvalue weighted by atomic mass is 19.4. The van der Waals surface area contributed by atoms with Crippen LogP contribution in [0.5, 0.6) is 5.75 Å². The summed E-state index contributed by atoms with van der Waals surface area (Å²) in [4.78, 5) is 25.0. The minimum absolute atomic E-state index is 0.104. The van der Waals surface area contributed by atoms with E-state index in [1.807, 2.05) is 0 Å². The number of ether oxygens (including phenoxy) is 1. The van der Waals surface area contributed by atoms with Crippen LogP contribution in [0.15, 0.2) is 67.1 Å². The summed E-state index contributed by atoms with van der Waals surface area (Å²) in [5, 5.41) is 2.62. The molecule has 3 heterocycles. The van der Waals surface area contributed by atoms with Crippen LogP contribution in [-0.4, -0.2) is 31.8 Å². The highest BCUT2D eigenvalue weighted by molar-refractivity contribution is 6.03. The minimum Gasteiger partial charge on any atom is -0.406 e. The Morgan fingerprint density at radius 2 is 1.90 bits per heavy atom. The fourth-order valence-electron chi connectivity index (χ4n) is 2.66. The first-order valence-corrected chi connectivity index (χ1v) is 8.32. The number of anilines is 1. The Morgan fingerprint density at radius 1 is 1.03 bits per heavy atom. The van der Waals surface area contributed by atoms with Gasteiger partial charge in [-0.05, 0) is 36.4 Å². The van der Waals surface area contributed by atoms with E-state index >= 15 is 0 Å². The van der Waals surface area contributed by atoms with Gasteiger partial charge in [-0.15, -0.1) is 13.2 Å². The van der Waals surface area contributed by atoms with E-state index < -0.39 is 12.3 Å². The second-order valence-electron chi connectivity index (χ2n) is 5.87. The predicted molar refractivity (Wildman–Crippen MR) is 97.7 cm³/mol. The van der Waals surface area contributed by atoms with Gasteiger partial charge in [0.25, 0.3) is 5.91 Å². The number of fused-ring (bicyclic) bond motifs is 1. The number of nitrogens with zero attached hydrogens (tertiary/aromatic N) is 4. The molecule has 29 heavy (non-hydrogen) atoms. The van der Waals surface area contributed by atoms with Gasteiger partial charge in [-0.2, -0.15) is 0 Å². The number of amides is 1. The van der Waals surface area contributed by atoms with Gasteiger partial charge in [0.1, 0.15) is 29.1 Å². The molecular weight excluding hydrogens is 387 g/mol. The number of nitrogens with one attached hydrogen (secondary N) is 1. The van der Waals surface area contributed by atoms with Crippen LogP contribution in [-0.2, 0) is 0 Å². The Balaban J connectivity index is 1.67. The molecule has 0 atom stereocenters. The number of carbonyl (C=O) groups excluding carboxylic acids is 1. The van der Waals surface area contributed by atoms with Crippen molar-refractivity contribution in [3.05, 3.63) is 72.8 Å². The minimum atomic E-state index is -4.80. The molecule has 10 heteroatoms. The van der Waals surface area contributed by atoms with E-state index in [0.717, 1.165) is 0 Å². The van der Waals surface area contributed by atoms with Crippen molar-refractivity contribution in [2.75, 3.05) is 5.32 Å². The smallest absolute Gasteiger partial charge is 0.406 e. The summed E-state index contributed by atoms with van der Waals surface area (Å²) in [5.74, 6) is -0.488. The average Bonchev–Trinajstić information content (AvgIpc) is 3.11. The molecule has 0 fully saturated rings. The van der Waals surface area contributed by atoms with E-state index in [2.05, 4.69) is 25.0 Å². The molecule has 0 unspecified atom stereocenters. The van der Waals surface area contributed by atoms with Gasteiger partial charge in [-0.25, -0.2) is 15.0 Å². The molecule has 1 N–H and O–H groups in total. The molecule has 0 radical (unpaired) electrons. The van der Waals surface area contributed by atoms with Crippen molar-refractivity contribution in [3.63, 3.8) is 0 Å². The predicted octanol–water partition coefficient (Wildman–Crippen LogP) is 3.97. The maximum Gasteiger partial charge on any atom is 0.573 e. The third-order valence-corrected chi connectivity index (χ3v) is 3.86. The van der Waals surface area contributed by atoms with Crippen LogP contribution in [0, 0.1) is 0 Å². The number of alkyl halides is 3. The van der Waals surface area contributed by atoms with Crippen LogP contribution in [0.3, 0.4) is 0 Å². The average molecular weight is 399 g/mol. The van der Waals surface area contributed by atoms with E-state index in [9.17, 15) is 18.0 Å². The molecule has 7 nitrogen and oxygen atoms in total. The summed E-state index contributed by atoms with van der Waals surface area (Å²) in [5.41, 5.74) is 1.24. The van der Waals surface area contributed by atoms with Crippen LogP contribution < -0.4 is 10.1 Å². The lowest BCUT2D eigenvalue weighted by molar-refractivity contribution is -0.274. The second-order valence-corrected chi connectivity index (χ2v) is 5.87. The Kier molecular flexibility index (Phi) is 4.59. The van der Waals surface area contributed by atoms with Crippen molar-refractivity contribution in [2.45, 2.75) is 6.36 Å². The molecule has 4 aromatic rings. The summed E-state index contributed by atoms with van der Waals surface area (Å²) in [6.07, 6.45) is -1.85. The highest BCUT2D eigenvalue weighted by Crippen LogP contribution is 2.26. The van der Waals surface area contributed by atoms with E-state index in [0.29, 0.717) is 22.7 Å². The first-order chi connectivity index (χ1) is 13.9. The largest absolute Gasteiger partial charge is 0.573 e. The molecule has 0 spiro atoms. The second kappa shape index (κ2) is 7.23. The van der Waals surface area contributed by atoms with Crippen molar-refractivity contribution in [1.82, 2.24) is 19.5 Å². The number of pyridine rings is 2. The molecule has 1 amide bonds. The number of rotatable bonds is 4. The molecule has 0 aliphatic rings. The first kappa shape index (κ1) is 18.4. The van der Waals surface area contributed by atoms with Gasteiger partial charge in [0.15, 0.2) is 5.65 Å². The monoisotopic (exact) mass is 399 g/mol. The van der Waals surface area contributed by atoms with Crippen LogP contribution in [0.1, 0.15) is 10.5 Å². The highest BCUT2D eigenvalue weighted by Gasteiger charge is 2.31. The van der Waals surface area contributed by atoms with Gasteiger partial charge in [0.05, 0.1) is 5.69 Å². The molecule has 4 rings (SSSR count). The Hall–Kier alpha value is -3.95. The first-order valence-electron chi connectivity index (χ1n) is 8.32. The zero-order chi connectivity index (χ0) is 20.4. The number of hydrogen-bond acceptors (Lipinski definition) is 5. The van der Waals surface area contributed by atoms with Crippen LogP contribution in [0.25, 0.3) is 16.9 Å². The fraction of sp³-hybridized carbons (Fsp3) is 0.0526. The fourth-order valence-corrected chi connectivity index (χ4v) is 2.66. The third-order valence-electron chi connectivity index (χ3n) is 3.86. The standard InChI is InChI=1S/C19H12F3N5O2/c20-19(21,22)29-13-5-3-4-12(10-13)27-11-24-14-7-8-15(25-17(14)27)18(28)26-16-6-1-2-9-23-16/h1-11H,(H,23,26,28). The van der Waals surface area contributed by atoms with Crippen LogP contribution in [0.4, 0.5) is 19.0 Å². The summed E-state index contributed by atoms with van der Waals surface area (Å²) < 4.78 is 42.9. The molecule has 3 aromatic heterocycles. The van der Waals surface area contributed by atoms with Gasteiger partial charge in [-0.1, -0.05) is 12.1 Å². The molecule has 0 saturated carbocycles. The van der Waals surface area contributed by atoms with Gasteiger partial charge in [-0.3, -0.25) is 9.36 Å². The van der Waals surface area contributed by atoms with Crippen molar-refractivity contribution in [3.8, 4) is 11.4 Å². The van der Waals surface area contributed by atoms with E-state index in [1.54, 1.807) is 30.3 Å². The van der Waals surface area contributed by atoms with E-state index in [1.165, 1.54) is 41.4 Å². The number of halogens is 3. The molecule has 0 aliphatic carbocycles. The Labute approximate surface area is 161 Å². The van der Waals surface area contributed by atoms with E-state index in [-0.39, 0.29) is 11.4 Å². The number of aromatic nitrogens is 4. The third kappa shape index (κ3) is 4.15. The number of imidazole rings is 1. The van der Waals surface area contributed by atoms with Crippen molar-refractivity contribution in [2.24, 2.45) is 0 Å². The van der Waals surface area contributed by atoms with Crippen molar-refractivity contribution < 1.29 is 22.7 Å². The van der Waals surface area contributed by atoms with Gasteiger partial charge < -0.3 is 10.1 Å². The SMILES string of the molecule is O=C(Nc1ccccn1)c1ccc2ncn(-c3cccc(OC(F)(F)F)c3)c2n1. The zero-order valence-electron chi connectivity index (χ0n) is 14.6. The summed E-state index contributed by atoms with van der Waals surface area (Å²) in [6.45, 7) is 0. The zero-order valence-corrected chi connectivity index (χ0v) is 14.6. The molecule has 0 bridgehead atoms. The van der Waals surface area contributed by atoms with Crippen LogP contribution >= 0.6 is 0 Å². The lowest BCUT2D eigenvalue weighted by Gasteiger charge is -2.11.